The highest BCUT2D eigenvalue weighted by atomic mass is 16.7. The van der Waals surface area contributed by atoms with Crippen molar-refractivity contribution >= 4 is 5.78 Å². The number of aliphatic hydroxyl groups excluding tert-OH is 6. The lowest BCUT2D eigenvalue weighted by atomic mass is 9.81. The fourth-order valence-corrected chi connectivity index (χ4v) is 6.88. The normalized spacial score (nSPS) is 35.7. The summed E-state index contributed by atoms with van der Waals surface area (Å²) in [4.78, 5) is 13.9. The number of methoxy groups -OCH3 is 2. The first-order valence-electron chi connectivity index (χ1n) is 16.2. The molecule has 2 aromatic rings. The number of ether oxygens (including phenoxy) is 9. The van der Waals surface area contributed by atoms with Crippen molar-refractivity contribution in [2.45, 2.75) is 79.9 Å². The van der Waals surface area contributed by atoms with Gasteiger partial charge in [0.15, 0.2) is 29.9 Å². The third-order valence-corrected chi connectivity index (χ3v) is 9.76. The molecule has 5 aliphatic heterocycles. The van der Waals surface area contributed by atoms with Crippen LogP contribution in [-0.2, 0) is 25.4 Å². The van der Waals surface area contributed by atoms with Crippen LogP contribution in [0.4, 0.5) is 0 Å². The van der Waals surface area contributed by atoms with Gasteiger partial charge in [-0.15, -0.1) is 0 Å². The molecule has 2 aromatic carbocycles. The number of benzene rings is 2. The predicted octanol–water partition coefficient (Wildman–Crippen LogP) is -1.04. The Bertz CT molecular complexity index is 1610. The molecular weight excluding hydrogens is 664 g/mol. The molecule has 0 aromatic heterocycles. The van der Waals surface area contributed by atoms with Gasteiger partial charge in [0.05, 0.1) is 45.5 Å². The van der Waals surface area contributed by atoms with Crippen LogP contribution in [0, 0.1) is 0 Å². The van der Waals surface area contributed by atoms with Gasteiger partial charge >= 0.3 is 0 Å². The molecule has 12 atom stereocenters. The minimum Gasteiger partial charge on any atom is -0.493 e. The van der Waals surface area contributed by atoms with Gasteiger partial charge in [-0.25, -0.2) is 0 Å². The van der Waals surface area contributed by atoms with E-state index in [1.807, 2.05) is 0 Å². The molecule has 272 valence electrons. The minimum atomic E-state index is -1.67. The van der Waals surface area contributed by atoms with Gasteiger partial charge in [0.25, 0.3) is 0 Å². The SMILES string of the molecule is C=C(CO[C@H]1O[C@@H](CO[C@@H]2OC[C@@H](O)[C@@H](O)[C@@H]2O)[C@H](O)[C@@H](O)[C@@H]1O)[C@@H]1Cc2c(ccc3c2O[C@@H]2COc4cc(OC)c(OC)cc4[C@@H]2C3=O)O1. The lowest BCUT2D eigenvalue weighted by molar-refractivity contribution is -0.319. The summed E-state index contributed by atoms with van der Waals surface area (Å²) in [5.74, 6) is 1.67. The average molecular weight is 705 g/mol. The van der Waals surface area contributed by atoms with Crippen LogP contribution < -0.4 is 23.7 Å². The number of hydrogen-bond donors (Lipinski definition) is 6. The van der Waals surface area contributed by atoms with E-state index in [2.05, 4.69) is 6.58 Å². The smallest absolute Gasteiger partial charge is 0.187 e. The van der Waals surface area contributed by atoms with Gasteiger partial charge in [-0.3, -0.25) is 4.79 Å². The Kier molecular flexibility index (Phi) is 9.68. The molecule has 16 nitrogen and oxygen atoms in total. The summed E-state index contributed by atoms with van der Waals surface area (Å²) in [6.07, 6.45) is -14.1. The topological polar surface area (TPSA) is 222 Å². The van der Waals surface area contributed by atoms with E-state index in [1.165, 1.54) is 14.2 Å². The second-order valence-corrected chi connectivity index (χ2v) is 12.9. The molecule has 6 N–H and O–H groups in total. The highest BCUT2D eigenvalue weighted by molar-refractivity contribution is 6.06. The van der Waals surface area contributed by atoms with Gasteiger partial charge in [0.2, 0.25) is 0 Å². The standard InChI is InChI=1S/C34H40O16/c1-13(9-45-34-31(41)29(39)28(38)24(50-34)12-47-33-30(40)27(37)17(35)10-46-33)19-7-16-18(48-19)5-4-14-26(36)25-15-6-21(42-2)22(43-3)8-20(15)44-11-23(25)49-32(14)16/h4-6,8,17,19,23-25,27-31,33-35,37-41H,1,7,9-12H2,2-3H3/t17-,19+,23-,24+,25+,27-,28+,29-,30+,31+,33+,34+/m1/s1. The molecule has 0 bridgehead atoms. The summed E-state index contributed by atoms with van der Waals surface area (Å²) in [6.45, 7) is 3.35. The number of carbonyl (C=O) groups is 1. The summed E-state index contributed by atoms with van der Waals surface area (Å²) in [5.41, 5.74) is 2.20. The third kappa shape index (κ3) is 6.08. The zero-order chi connectivity index (χ0) is 35.4. The molecule has 0 amide bonds. The fraction of sp³-hybridized carbons (Fsp3) is 0.559. The number of fused-ring (bicyclic) bond motifs is 6. The Hall–Kier alpha value is -3.55. The minimum absolute atomic E-state index is 0.123. The monoisotopic (exact) mass is 704 g/mol. The zero-order valence-corrected chi connectivity index (χ0v) is 27.2. The fourth-order valence-electron chi connectivity index (χ4n) is 6.88. The number of Topliss-reactive ketones (excluding diaryl/α,β-unsaturated/α-hetero) is 1. The second kappa shape index (κ2) is 13.9. The Morgan fingerprint density at radius 1 is 0.860 bits per heavy atom. The van der Waals surface area contributed by atoms with Gasteiger partial charge in [-0.1, -0.05) is 6.58 Å². The average Bonchev–Trinajstić information content (AvgIpc) is 3.57. The maximum atomic E-state index is 13.9. The van der Waals surface area contributed by atoms with E-state index >= 15 is 0 Å². The molecule has 0 saturated carbocycles. The third-order valence-electron chi connectivity index (χ3n) is 9.76. The summed E-state index contributed by atoms with van der Waals surface area (Å²) >= 11 is 0. The molecule has 0 radical (unpaired) electrons. The van der Waals surface area contributed by atoms with E-state index in [4.69, 9.17) is 42.6 Å². The molecule has 0 spiro atoms. The Morgan fingerprint density at radius 2 is 1.60 bits per heavy atom. The number of aliphatic hydroxyl groups is 6. The molecule has 7 rings (SSSR count). The number of ketones is 1. The Labute approximate surface area is 286 Å². The zero-order valence-electron chi connectivity index (χ0n) is 27.2. The van der Waals surface area contributed by atoms with Crippen molar-refractivity contribution in [3.05, 3.63) is 53.1 Å². The van der Waals surface area contributed by atoms with E-state index < -0.39 is 80.0 Å². The lowest BCUT2D eigenvalue weighted by Gasteiger charge is -2.41. The molecule has 5 heterocycles. The molecule has 2 saturated heterocycles. The van der Waals surface area contributed by atoms with E-state index in [0.29, 0.717) is 57.4 Å². The summed E-state index contributed by atoms with van der Waals surface area (Å²) in [7, 11) is 3.04. The van der Waals surface area contributed by atoms with Crippen molar-refractivity contribution in [1.29, 1.82) is 0 Å². The maximum absolute atomic E-state index is 13.9. The van der Waals surface area contributed by atoms with Crippen LogP contribution in [0.5, 0.6) is 28.7 Å². The van der Waals surface area contributed by atoms with Crippen LogP contribution >= 0.6 is 0 Å². The van der Waals surface area contributed by atoms with Crippen molar-refractivity contribution < 1.29 is 78.1 Å². The van der Waals surface area contributed by atoms with Crippen LogP contribution in [0.2, 0.25) is 0 Å². The van der Waals surface area contributed by atoms with Crippen molar-refractivity contribution in [3.63, 3.8) is 0 Å². The number of rotatable bonds is 9. The number of carbonyl (C=O) groups excluding carboxylic acids is 1. The summed E-state index contributed by atoms with van der Waals surface area (Å²) in [6, 6.07) is 6.82. The van der Waals surface area contributed by atoms with Gasteiger partial charge in [-0.2, -0.15) is 0 Å². The molecule has 5 aliphatic rings. The van der Waals surface area contributed by atoms with Crippen LogP contribution in [0.1, 0.15) is 27.4 Å². The largest absolute Gasteiger partial charge is 0.493 e. The highest BCUT2D eigenvalue weighted by Crippen LogP contribution is 2.50. The molecule has 16 heteroatoms. The second-order valence-electron chi connectivity index (χ2n) is 12.9. The van der Waals surface area contributed by atoms with E-state index in [9.17, 15) is 35.4 Å². The van der Waals surface area contributed by atoms with Crippen molar-refractivity contribution in [2.24, 2.45) is 0 Å². The maximum Gasteiger partial charge on any atom is 0.187 e. The van der Waals surface area contributed by atoms with Crippen molar-refractivity contribution in [1.82, 2.24) is 0 Å². The first kappa shape index (κ1) is 34.9. The lowest BCUT2D eigenvalue weighted by Crippen LogP contribution is -2.60. The molecule has 2 fully saturated rings. The molecule has 0 unspecified atom stereocenters. The van der Waals surface area contributed by atoms with Crippen LogP contribution in [-0.4, -0.2) is 145 Å². The molecule has 0 aliphatic carbocycles. The summed E-state index contributed by atoms with van der Waals surface area (Å²) in [5, 5.41) is 61.2. The number of hydrogen-bond acceptors (Lipinski definition) is 16. The Morgan fingerprint density at radius 3 is 2.36 bits per heavy atom. The molecular formula is C34H40O16. The van der Waals surface area contributed by atoms with Crippen LogP contribution in [0.3, 0.4) is 0 Å². The van der Waals surface area contributed by atoms with Crippen LogP contribution in [0.25, 0.3) is 0 Å². The highest BCUT2D eigenvalue weighted by Gasteiger charge is 2.48. The van der Waals surface area contributed by atoms with Crippen molar-refractivity contribution in [2.75, 3.05) is 40.6 Å². The van der Waals surface area contributed by atoms with E-state index in [-0.39, 0.29) is 25.6 Å². The Balaban J connectivity index is 0.993. The van der Waals surface area contributed by atoms with Gasteiger partial charge in [-0.05, 0) is 23.8 Å². The first-order valence-corrected chi connectivity index (χ1v) is 16.2. The predicted molar refractivity (Wildman–Crippen MR) is 167 cm³/mol. The van der Waals surface area contributed by atoms with E-state index in [0.717, 1.165) is 0 Å². The van der Waals surface area contributed by atoms with E-state index in [1.54, 1.807) is 24.3 Å². The molecule has 50 heavy (non-hydrogen) atoms. The van der Waals surface area contributed by atoms with Crippen molar-refractivity contribution in [3.8, 4) is 28.7 Å². The first-order chi connectivity index (χ1) is 24.0. The van der Waals surface area contributed by atoms with Gasteiger partial charge < -0.3 is 73.3 Å². The quantitative estimate of drug-likeness (QED) is 0.172. The summed E-state index contributed by atoms with van der Waals surface area (Å²) < 4.78 is 51.5. The van der Waals surface area contributed by atoms with Gasteiger partial charge in [0.1, 0.15) is 78.8 Å². The van der Waals surface area contributed by atoms with Crippen LogP contribution in [0.15, 0.2) is 36.4 Å². The van der Waals surface area contributed by atoms with Gasteiger partial charge in [0, 0.05) is 23.6 Å².